The van der Waals surface area contributed by atoms with Crippen LogP contribution in [0.15, 0.2) is 16.3 Å². The lowest BCUT2D eigenvalue weighted by Gasteiger charge is -2.18. The maximum Gasteiger partial charge on any atom is 0.243 e. The van der Waals surface area contributed by atoms with Gasteiger partial charge in [0, 0.05) is 29.1 Å². The van der Waals surface area contributed by atoms with Crippen LogP contribution in [0.25, 0.3) is 0 Å². The first-order valence-electron chi connectivity index (χ1n) is 5.36. The molecule has 1 aliphatic rings. The van der Waals surface area contributed by atoms with Crippen LogP contribution in [0.5, 0.6) is 0 Å². The van der Waals surface area contributed by atoms with E-state index in [9.17, 15) is 8.42 Å². The van der Waals surface area contributed by atoms with Crippen LogP contribution in [0.4, 0.5) is 0 Å². The predicted molar refractivity (Wildman–Crippen MR) is 74.6 cm³/mol. The minimum Gasteiger partial charge on any atom is -0.207 e. The van der Waals surface area contributed by atoms with Gasteiger partial charge >= 0.3 is 0 Å². The van der Waals surface area contributed by atoms with Crippen LogP contribution < -0.4 is 0 Å². The van der Waals surface area contributed by atoms with Crippen molar-refractivity contribution in [3.05, 3.63) is 16.3 Å². The van der Waals surface area contributed by atoms with E-state index in [-0.39, 0.29) is 0 Å². The van der Waals surface area contributed by atoms with Crippen molar-refractivity contribution < 1.29 is 8.42 Å². The molecule has 0 radical (unpaired) electrons. The van der Waals surface area contributed by atoms with Crippen molar-refractivity contribution in [2.45, 2.75) is 17.2 Å². The highest BCUT2D eigenvalue weighted by Gasteiger charge is 2.26. The van der Waals surface area contributed by atoms with Crippen LogP contribution in [-0.4, -0.2) is 37.3 Å². The zero-order valence-electron chi connectivity index (χ0n) is 9.26. The molecule has 2 heterocycles. The average molecular weight is 312 g/mol. The fourth-order valence-corrected chi connectivity index (χ4v) is 5.54. The van der Waals surface area contributed by atoms with Gasteiger partial charge < -0.3 is 0 Å². The zero-order chi connectivity index (χ0) is 12.3. The molecule has 2 rings (SSSR count). The third-order valence-corrected chi connectivity index (χ3v) is 7.04. The number of rotatable bonds is 3. The Balaban J connectivity index is 2.22. The molecule has 0 N–H and O–H groups in total. The summed E-state index contributed by atoms with van der Waals surface area (Å²) in [5, 5.41) is 1.69. The number of sulfonamides is 1. The highest BCUT2D eigenvalue weighted by atomic mass is 35.5. The summed E-state index contributed by atoms with van der Waals surface area (Å²) in [6, 6.07) is 1.69. The van der Waals surface area contributed by atoms with Crippen LogP contribution in [-0.2, 0) is 15.9 Å². The van der Waals surface area contributed by atoms with E-state index < -0.39 is 10.0 Å². The number of thioether (sulfide) groups is 1. The fourth-order valence-electron chi connectivity index (χ4n) is 1.68. The maximum absolute atomic E-state index is 12.3. The lowest BCUT2D eigenvalue weighted by Crippen LogP contribution is -2.32. The first kappa shape index (κ1) is 13.7. The maximum atomic E-state index is 12.3. The summed E-state index contributed by atoms with van der Waals surface area (Å²) in [5.41, 5.74) is 0. The molecule has 0 atom stereocenters. The van der Waals surface area contributed by atoms with Crippen LogP contribution in [0, 0.1) is 0 Å². The van der Waals surface area contributed by atoms with Crippen molar-refractivity contribution in [2.24, 2.45) is 0 Å². The molecule has 7 heteroatoms. The number of nitrogens with zero attached hydrogens (tertiary/aromatic N) is 1. The Kier molecular flexibility index (Phi) is 4.77. The molecular formula is C10H14ClNO2S3. The molecule has 17 heavy (non-hydrogen) atoms. The Morgan fingerprint density at radius 2 is 2.18 bits per heavy atom. The molecule has 1 aromatic rings. The highest BCUT2D eigenvalue weighted by molar-refractivity contribution is 7.99. The summed E-state index contributed by atoms with van der Waals surface area (Å²) in [6.45, 7) is 1.24. The molecule has 96 valence electrons. The summed E-state index contributed by atoms with van der Waals surface area (Å²) >= 11 is 8.92. The molecule has 1 aromatic heterocycles. The Hall–Kier alpha value is 0.250. The molecule has 1 saturated heterocycles. The first-order valence-corrected chi connectivity index (χ1v) is 9.37. The Morgan fingerprint density at radius 3 is 2.88 bits per heavy atom. The lowest BCUT2D eigenvalue weighted by molar-refractivity contribution is 0.435. The molecule has 0 spiro atoms. The van der Waals surface area contributed by atoms with Crippen LogP contribution in [0.2, 0.25) is 0 Å². The summed E-state index contributed by atoms with van der Waals surface area (Å²) in [7, 11) is -3.30. The smallest absolute Gasteiger partial charge is 0.207 e. The van der Waals surface area contributed by atoms with Crippen LogP contribution in [0.1, 0.15) is 11.3 Å². The molecule has 3 nitrogen and oxygen atoms in total. The van der Waals surface area contributed by atoms with Crippen LogP contribution >= 0.6 is 34.7 Å². The van der Waals surface area contributed by atoms with Gasteiger partial charge in [-0.25, -0.2) is 8.42 Å². The van der Waals surface area contributed by atoms with Gasteiger partial charge in [-0.1, -0.05) is 0 Å². The minimum atomic E-state index is -3.30. The van der Waals surface area contributed by atoms with Crippen molar-refractivity contribution in [2.75, 3.05) is 24.6 Å². The highest BCUT2D eigenvalue weighted by Crippen LogP contribution is 2.25. The third-order valence-electron chi connectivity index (χ3n) is 2.58. The summed E-state index contributed by atoms with van der Waals surface area (Å²) in [5.74, 6) is 2.30. The molecule has 0 amide bonds. The number of thiophene rings is 1. The zero-order valence-corrected chi connectivity index (χ0v) is 12.5. The number of alkyl halides is 1. The van der Waals surface area contributed by atoms with Gasteiger partial charge in [0.25, 0.3) is 0 Å². The predicted octanol–water partition coefficient (Wildman–Crippen LogP) is 2.61. The topological polar surface area (TPSA) is 37.4 Å². The monoisotopic (exact) mass is 311 g/mol. The first-order chi connectivity index (χ1) is 8.14. The fraction of sp³-hybridized carbons (Fsp3) is 0.600. The largest absolute Gasteiger partial charge is 0.243 e. The summed E-state index contributed by atoms with van der Waals surface area (Å²) in [6.07, 6.45) is 0.927. The van der Waals surface area contributed by atoms with E-state index in [1.54, 1.807) is 15.8 Å². The molecule has 0 aliphatic carbocycles. The van der Waals surface area contributed by atoms with E-state index in [4.69, 9.17) is 11.6 Å². The molecule has 0 unspecified atom stereocenters. The molecule has 1 fully saturated rings. The van der Waals surface area contributed by atoms with E-state index in [1.165, 1.54) is 11.3 Å². The average Bonchev–Trinajstić information content (AvgIpc) is 2.64. The Labute approximate surface area is 115 Å². The SMILES string of the molecule is O=S(=O)(c1csc(CCl)c1)N1CCCSCC1. The van der Waals surface area contributed by atoms with Crippen LogP contribution in [0.3, 0.4) is 0 Å². The van der Waals surface area contributed by atoms with E-state index in [0.717, 1.165) is 22.8 Å². The second-order valence-corrected chi connectivity index (χ2v) is 8.18. The molecule has 0 saturated carbocycles. The molecule has 1 aliphatic heterocycles. The van der Waals surface area contributed by atoms with E-state index in [2.05, 4.69) is 0 Å². The normalized spacial score (nSPS) is 19.1. The van der Waals surface area contributed by atoms with E-state index in [0.29, 0.717) is 23.9 Å². The van der Waals surface area contributed by atoms with E-state index >= 15 is 0 Å². The number of hydrogen-bond donors (Lipinski definition) is 0. The quantitative estimate of drug-likeness (QED) is 0.805. The standard InChI is InChI=1S/C10H14ClNO2S3/c11-7-9-6-10(8-16-9)17(13,14)12-2-1-4-15-5-3-12/h6,8H,1-5,7H2. The van der Waals surface area contributed by atoms with Gasteiger partial charge in [-0.15, -0.1) is 22.9 Å². The van der Waals surface area contributed by atoms with Crippen molar-refractivity contribution in [1.29, 1.82) is 0 Å². The van der Waals surface area contributed by atoms with Gasteiger partial charge in [-0.05, 0) is 18.2 Å². The number of halogens is 1. The second-order valence-electron chi connectivity index (χ2n) is 3.75. The van der Waals surface area contributed by atoms with Crippen molar-refractivity contribution >= 4 is 44.7 Å². The molecular weight excluding hydrogens is 298 g/mol. The lowest BCUT2D eigenvalue weighted by atomic mass is 10.5. The van der Waals surface area contributed by atoms with E-state index in [1.807, 2.05) is 11.8 Å². The Morgan fingerprint density at radius 1 is 1.35 bits per heavy atom. The summed E-state index contributed by atoms with van der Waals surface area (Å²) < 4.78 is 26.3. The van der Waals surface area contributed by atoms with Crippen molar-refractivity contribution in [3.8, 4) is 0 Å². The Bertz CT molecular complexity index is 464. The van der Waals surface area contributed by atoms with Gasteiger partial charge in [0.1, 0.15) is 0 Å². The molecule has 0 aromatic carbocycles. The van der Waals surface area contributed by atoms with Gasteiger partial charge in [0.2, 0.25) is 10.0 Å². The van der Waals surface area contributed by atoms with Crippen molar-refractivity contribution in [3.63, 3.8) is 0 Å². The van der Waals surface area contributed by atoms with Gasteiger partial charge in [-0.3, -0.25) is 0 Å². The number of hydrogen-bond acceptors (Lipinski definition) is 4. The third kappa shape index (κ3) is 3.17. The van der Waals surface area contributed by atoms with Crippen molar-refractivity contribution in [1.82, 2.24) is 4.31 Å². The summed E-state index contributed by atoms with van der Waals surface area (Å²) in [4.78, 5) is 1.29. The minimum absolute atomic E-state index is 0.371. The van der Waals surface area contributed by atoms with Gasteiger partial charge in [-0.2, -0.15) is 16.1 Å². The van der Waals surface area contributed by atoms with Gasteiger partial charge in [0.15, 0.2) is 0 Å². The van der Waals surface area contributed by atoms with Gasteiger partial charge in [0.05, 0.1) is 10.8 Å². The molecule has 0 bridgehead atoms. The second kappa shape index (κ2) is 5.93.